The predicted octanol–water partition coefficient (Wildman–Crippen LogP) is 4.04. The molecule has 1 aromatic carbocycles. The Balaban J connectivity index is 2.44. The number of aryl methyl sites for hydroxylation is 1. The fourth-order valence-corrected chi connectivity index (χ4v) is 1.93. The van der Waals surface area contributed by atoms with Crippen molar-refractivity contribution in [1.29, 1.82) is 0 Å². The fourth-order valence-electron chi connectivity index (χ4n) is 1.77. The van der Waals surface area contributed by atoms with E-state index in [1.54, 1.807) is 0 Å². The molecule has 0 atom stereocenters. The van der Waals surface area contributed by atoms with Gasteiger partial charge in [0.1, 0.15) is 0 Å². The number of halogens is 1. The third-order valence-corrected chi connectivity index (χ3v) is 3.18. The topological polar surface area (TPSA) is 17.8 Å². The van der Waals surface area contributed by atoms with Gasteiger partial charge in [0.25, 0.3) is 0 Å². The number of nitrogens with zero attached hydrogens (tertiary/aromatic N) is 2. The normalized spacial score (nSPS) is 11.1. The molecule has 2 nitrogen and oxygen atoms in total. The van der Waals surface area contributed by atoms with Crippen molar-refractivity contribution in [3.05, 3.63) is 47.3 Å². The summed E-state index contributed by atoms with van der Waals surface area (Å²) in [5.41, 5.74) is 4.54. The summed E-state index contributed by atoms with van der Waals surface area (Å²) in [6.07, 6.45) is 2.01. The predicted molar refractivity (Wildman–Crippen MR) is 71.9 cm³/mol. The van der Waals surface area contributed by atoms with Gasteiger partial charge in [0.15, 0.2) is 0 Å². The maximum Gasteiger partial charge on any atom is 0.0677 e. The van der Waals surface area contributed by atoms with Crippen molar-refractivity contribution in [2.24, 2.45) is 0 Å². The van der Waals surface area contributed by atoms with E-state index >= 15 is 0 Å². The molecular formula is C14H17ClN2. The highest BCUT2D eigenvalue weighted by Gasteiger charge is 2.07. The Hall–Kier alpha value is -1.28. The zero-order chi connectivity index (χ0) is 12.4. The maximum atomic E-state index is 5.86. The third kappa shape index (κ3) is 2.52. The molecular weight excluding hydrogens is 232 g/mol. The molecule has 1 heterocycles. The van der Waals surface area contributed by atoms with Crippen molar-refractivity contribution in [2.45, 2.75) is 32.6 Å². The zero-order valence-corrected chi connectivity index (χ0v) is 11.2. The van der Waals surface area contributed by atoms with Crippen molar-refractivity contribution in [3.63, 3.8) is 0 Å². The summed E-state index contributed by atoms with van der Waals surface area (Å²) in [5, 5.41) is 4.59. The summed E-state index contributed by atoms with van der Waals surface area (Å²) in [5.74, 6) is 0.985. The highest BCUT2D eigenvalue weighted by Crippen LogP contribution is 2.19. The second kappa shape index (κ2) is 4.92. The summed E-state index contributed by atoms with van der Waals surface area (Å²) < 4.78 is 1.93. The molecule has 0 amide bonds. The van der Waals surface area contributed by atoms with Gasteiger partial charge in [-0.1, -0.05) is 26.0 Å². The standard InChI is InChI=1S/C14H17ClN2/c1-10(2)13-6-7-17(16-13)14-8-12(9-15)5-4-11(14)3/h4-8,10H,9H2,1-3H3. The number of benzene rings is 1. The van der Waals surface area contributed by atoms with Gasteiger partial charge in [-0.3, -0.25) is 0 Å². The Morgan fingerprint density at radius 2 is 2.06 bits per heavy atom. The molecule has 1 aromatic heterocycles. The number of alkyl halides is 1. The van der Waals surface area contributed by atoms with Gasteiger partial charge in [0.05, 0.1) is 11.4 Å². The van der Waals surface area contributed by atoms with Crippen molar-refractivity contribution < 1.29 is 0 Å². The average molecular weight is 249 g/mol. The lowest BCUT2D eigenvalue weighted by Gasteiger charge is -2.08. The van der Waals surface area contributed by atoms with Gasteiger partial charge in [-0.05, 0) is 36.1 Å². The van der Waals surface area contributed by atoms with E-state index in [-0.39, 0.29) is 0 Å². The Labute approximate surface area is 107 Å². The maximum absolute atomic E-state index is 5.86. The molecule has 0 aliphatic rings. The molecule has 2 aromatic rings. The van der Waals surface area contributed by atoms with Crippen LogP contribution < -0.4 is 0 Å². The van der Waals surface area contributed by atoms with Crippen molar-refractivity contribution in [2.75, 3.05) is 0 Å². The monoisotopic (exact) mass is 248 g/mol. The molecule has 3 heteroatoms. The number of hydrogen-bond acceptors (Lipinski definition) is 1. The molecule has 0 aliphatic carbocycles. The highest BCUT2D eigenvalue weighted by molar-refractivity contribution is 6.17. The lowest BCUT2D eigenvalue weighted by Crippen LogP contribution is -2.00. The smallest absolute Gasteiger partial charge is 0.0677 e. The first-order valence-electron chi connectivity index (χ1n) is 5.83. The largest absolute Gasteiger partial charge is 0.240 e. The molecule has 0 spiro atoms. The average Bonchev–Trinajstić information content (AvgIpc) is 2.79. The van der Waals surface area contributed by atoms with E-state index in [9.17, 15) is 0 Å². The fraction of sp³-hybridized carbons (Fsp3) is 0.357. The van der Waals surface area contributed by atoms with Gasteiger partial charge >= 0.3 is 0 Å². The van der Waals surface area contributed by atoms with E-state index < -0.39 is 0 Å². The van der Waals surface area contributed by atoms with Gasteiger partial charge < -0.3 is 0 Å². The number of rotatable bonds is 3. The van der Waals surface area contributed by atoms with E-state index in [1.165, 1.54) is 5.56 Å². The third-order valence-electron chi connectivity index (χ3n) is 2.88. The van der Waals surface area contributed by atoms with Gasteiger partial charge in [0.2, 0.25) is 0 Å². The molecule has 0 saturated heterocycles. The molecule has 17 heavy (non-hydrogen) atoms. The summed E-state index contributed by atoms with van der Waals surface area (Å²) in [4.78, 5) is 0. The van der Waals surface area contributed by atoms with E-state index in [4.69, 9.17) is 11.6 Å². The van der Waals surface area contributed by atoms with Gasteiger partial charge in [-0.2, -0.15) is 5.10 Å². The minimum atomic E-state index is 0.452. The Morgan fingerprint density at radius 3 is 2.65 bits per heavy atom. The zero-order valence-electron chi connectivity index (χ0n) is 10.4. The van der Waals surface area contributed by atoms with Crippen molar-refractivity contribution in [1.82, 2.24) is 9.78 Å². The molecule has 0 unspecified atom stereocenters. The molecule has 2 rings (SSSR count). The van der Waals surface area contributed by atoms with Crippen LogP contribution in [-0.2, 0) is 5.88 Å². The minimum absolute atomic E-state index is 0.452. The van der Waals surface area contributed by atoms with Gasteiger partial charge in [0, 0.05) is 12.1 Å². The van der Waals surface area contributed by atoms with E-state index in [1.807, 2.05) is 10.9 Å². The summed E-state index contributed by atoms with van der Waals surface area (Å²) in [6, 6.07) is 8.30. The van der Waals surface area contributed by atoms with Crippen LogP contribution in [0.25, 0.3) is 5.69 Å². The van der Waals surface area contributed by atoms with Crippen LogP contribution in [0.5, 0.6) is 0 Å². The van der Waals surface area contributed by atoms with Crippen LogP contribution in [0.4, 0.5) is 0 Å². The summed E-state index contributed by atoms with van der Waals surface area (Å²) in [6.45, 7) is 6.38. The molecule has 0 radical (unpaired) electrons. The Kier molecular flexibility index (Phi) is 3.53. The molecule has 90 valence electrons. The van der Waals surface area contributed by atoms with Crippen LogP contribution in [0, 0.1) is 6.92 Å². The second-order valence-electron chi connectivity index (χ2n) is 4.59. The van der Waals surface area contributed by atoms with Crippen LogP contribution >= 0.6 is 11.6 Å². The van der Waals surface area contributed by atoms with Crippen LogP contribution in [-0.4, -0.2) is 9.78 Å². The lowest BCUT2D eigenvalue weighted by molar-refractivity contribution is 0.766. The van der Waals surface area contributed by atoms with Crippen LogP contribution in [0.15, 0.2) is 30.5 Å². The van der Waals surface area contributed by atoms with Gasteiger partial charge in [-0.15, -0.1) is 11.6 Å². The Bertz CT molecular complexity index is 515. The van der Waals surface area contributed by atoms with Crippen molar-refractivity contribution >= 4 is 11.6 Å². The number of aromatic nitrogens is 2. The van der Waals surface area contributed by atoms with E-state index in [0.717, 1.165) is 16.9 Å². The van der Waals surface area contributed by atoms with Crippen LogP contribution in [0.1, 0.15) is 36.6 Å². The first kappa shape index (κ1) is 12.2. The molecule has 0 saturated carbocycles. The second-order valence-corrected chi connectivity index (χ2v) is 4.86. The minimum Gasteiger partial charge on any atom is -0.240 e. The van der Waals surface area contributed by atoms with Crippen molar-refractivity contribution in [3.8, 4) is 5.69 Å². The lowest BCUT2D eigenvalue weighted by atomic mass is 10.1. The highest BCUT2D eigenvalue weighted by atomic mass is 35.5. The summed E-state index contributed by atoms with van der Waals surface area (Å²) in [7, 11) is 0. The van der Waals surface area contributed by atoms with Crippen LogP contribution in [0.2, 0.25) is 0 Å². The van der Waals surface area contributed by atoms with Gasteiger partial charge in [-0.25, -0.2) is 4.68 Å². The van der Waals surface area contributed by atoms with E-state index in [0.29, 0.717) is 11.8 Å². The van der Waals surface area contributed by atoms with E-state index in [2.05, 4.69) is 50.1 Å². The first-order valence-corrected chi connectivity index (χ1v) is 6.36. The molecule has 0 N–H and O–H groups in total. The first-order chi connectivity index (χ1) is 8.11. The SMILES string of the molecule is Cc1ccc(CCl)cc1-n1ccc(C(C)C)n1. The summed E-state index contributed by atoms with van der Waals surface area (Å²) >= 11 is 5.86. The number of hydrogen-bond donors (Lipinski definition) is 0. The molecule has 0 bridgehead atoms. The molecule has 0 aliphatic heterocycles. The molecule has 0 fully saturated rings. The van der Waals surface area contributed by atoms with Crippen LogP contribution in [0.3, 0.4) is 0 Å². The quantitative estimate of drug-likeness (QED) is 0.750. The Morgan fingerprint density at radius 1 is 1.29 bits per heavy atom.